The Bertz CT molecular complexity index is 432. The minimum Gasteiger partial charge on any atom is -0.496 e. The van der Waals surface area contributed by atoms with E-state index in [-0.39, 0.29) is 11.3 Å². The van der Waals surface area contributed by atoms with E-state index in [0.29, 0.717) is 13.2 Å². The molecule has 0 bridgehead atoms. The highest BCUT2D eigenvalue weighted by molar-refractivity contribution is 5.43. The Labute approximate surface area is 102 Å². The molecule has 1 fully saturated rings. The van der Waals surface area contributed by atoms with Crippen molar-refractivity contribution in [3.63, 3.8) is 0 Å². The molecule has 3 nitrogen and oxygen atoms in total. The van der Waals surface area contributed by atoms with E-state index in [1.165, 1.54) is 0 Å². The summed E-state index contributed by atoms with van der Waals surface area (Å²) < 4.78 is 10.8. The summed E-state index contributed by atoms with van der Waals surface area (Å²) in [6.07, 6.45) is 0.831. The van der Waals surface area contributed by atoms with Gasteiger partial charge >= 0.3 is 0 Å². The third kappa shape index (κ3) is 1.79. The quantitative estimate of drug-likeness (QED) is 0.799. The normalized spacial score (nSPS) is 18.9. The molecule has 1 aromatic rings. The van der Waals surface area contributed by atoms with Gasteiger partial charge in [-0.1, -0.05) is 25.1 Å². The summed E-state index contributed by atoms with van der Waals surface area (Å²) >= 11 is 0. The molecule has 17 heavy (non-hydrogen) atoms. The first-order chi connectivity index (χ1) is 8.28. The van der Waals surface area contributed by atoms with E-state index in [1.54, 1.807) is 7.11 Å². The van der Waals surface area contributed by atoms with Crippen LogP contribution in [-0.4, -0.2) is 20.3 Å². The molecular weight excluding hydrogens is 214 g/mol. The lowest BCUT2D eigenvalue weighted by Gasteiger charge is -2.45. The van der Waals surface area contributed by atoms with Gasteiger partial charge in [-0.2, -0.15) is 5.26 Å². The summed E-state index contributed by atoms with van der Waals surface area (Å²) in [7, 11) is 1.67. The Hall–Kier alpha value is -1.53. The van der Waals surface area contributed by atoms with Crippen molar-refractivity contribution in [2.45, 2.75) is 18.8 Å². The van der Waals surface area contributed by atoms with Crippen LogP contribution in [0.1, 0.15) is 18.9 Å². The number of nitrogens with zero attached hydrogens (tertiary/aromatic N) is 1. The summed E-state index contributed by atoms with van der Waals surface area (Å²) in [6.45, 7) is 3.27. The van der Waals surface area contributed by atoms with Crippen LogP contribution in [0.15, 0.2) is 24.3 Å². The van der Waals surface area contributed by atoms with Crippen LogP contribution in [0.4, 0.5) is 0 Å². The van der Waals surface area contributed by atoms with Gasteiger partial charge in [-0.25, -0.2) is 0 Å². The van der Waals surface area contributed by atoms with Crippen molar-refractivity contribution >= 4 is 0 Å². The van der Waals surface area contributed by atoms with Gasteiger partial charge in [0.2, 0.25) is 0 Å². The predicted octanol–water partition coefficient (Wildman–Crippen LogP) is 2.51. The second-order valence-corrected chi connectivity index (χ2v) is 4.44. The summed E-state index contributed by atoms with van der Waals surface area (Å²) in [5.41, 5.74) is 0.915. The number of nitriles is 1. The fourth-order valence-corrected chi connectivity index (χ4v) is 2.53. The number of methoxy groups -OCH3 is 1. The topological polar surface area (TPSA) is 42.2 Å². The van der Waals surface area contributed by atoms with E-state index < -0.39 is 0 Å². The first-order valence-electron chi connectivity index (χ1n) is 5.89. The minimum atomic E-state index is -0.184. The van der Waals surface area contributed by atoms with Crippen molar-refractivity contribution in [2.75, 3.05) is 20.3 Å². The molecule has 0 N–H and O–H groups in total. The van der Waals surface area contributed by atoms with Gasteiger partial charge in [0.1, 0.15) is 5.75 Å². The Kier molecular flexibility index (Phi) is 3.35. The first-order valence-corrected chi connectivity index (χ1v) is 5.89. The maximum absolute atomic E-state index is 9.31. The molecule has 3 heteroatoms. The molecule has 1 atom stereocenters. The minimum absolute atomic E-state index is 0.0208. The Morgan fingerprint density at radius 3 is 2.65 bits per heavy atom. The number of rotatable bonds is 4. The Balaban J connectivity index is 2.45. The summed E-state index contributed by atoms with van der Waals surface area (Å²) in [5.74, 6) is 0.831. The fourth-order valence-electron chi connectivity index (χ4n) is 2.53. The lowest BCUT2D eigenvalue weighted by Crippen LogP contribution is -2.52. The molecule has 1 aliphatic rings. The van der Waals surface area contributed by atoms with Crippen LogP contribution in [0.25, 0.3) is 0 Å². The molecule has 0 aromatic heterocycles. The fraction of sp³-hybridized carbons (Fsp3) is 0.500. The van der Waals surface area contributed by atoms with Gasteiger partial charge in [0.25, 0.3) is 0 Å². The number of benzene rings is 1. The SMILES string of the molecule is CCC(C#N)C1(c2ccccc2OC)COC1. The summed E-state index contributed by atoms with van der Waals surface area (Å²) in [4.78, 5) is 0. The van der Waals surface area contributed by atoms with E-state index in [0.717, 1.165) is 17.7 Å². The monoisotopic (exact) mass is 231 g/mol. The maximum atomic E-state index is 9.31. The third-order valence-electron chi connectivity index (χ3n) is 3.59. The van der Waals surface area contributed by atoms with E-state index in [9.17, 15) is 5.26 Å². The highest BCUT2D eigenvalue weighted by atomic mass is 16.5. The van der Waals surface area contributed by atoms with Crippen molar-refractivity contribution in [3.05, 3.63) is 29.8 Å². The lowest BCUT2D eigenvalue weighted by molar-refractivity contribution is -0.0813. The van der Waals surface area contributed by atoms with Crippen LogP contribution in [-0.2, 0) is 10.2 Å². The van der Waals surface area contributed by atoms with Gasteiger partial charge in [-0.3, -0.25) is 0 Å². The standard InChI is InChI=1S/C14H17NO2/c1-3-11(8-15)14(9-17-10-14)12-6-4-5-7-13(12)16-2/h4-7,11H,3,9-10H2,1-2H3. The highest BCUT2D eigenvalue weighted by Crippen LogP contribution is 2.44. The molecule has 0 amide bonds. The molecular formula is C14H17NO2. The van der Waals surface area contributed by atoms with Crippen LogP contribution in [0, 0.1) is 17.2 Å². The molecule has 1 unspecified atom stereocenters. The van der Waals surface area contributed by atoms with Crippen molar-refractivity contribution in [3.8, 4) is 11.8 Å². The van der Waals surface area contributed by atoms with E-state index in [1.807, 2.05) is 31.2 Å². The van der Waals surface area contributed by atoms with Crippen molar-refractivity contribution in [1.29, 1.82) is 5.26 Å². The van der Waals surface area contributed by atoms with Gasteiger partial charge in [0.15, 0.2) is 0 Å². The largest absolute Gasteiger partial charge is 0.496 e. The molecule has 0 spiro atoms. The molecule has 1 aliphatic heterocycles. The average Bonchev–Trinajstić information content (AvgIpc) is 2.33. The maximum Gasteiger partial charge on any atom is 0.122 e. The van der Waals surface area contributed by atoms with Gasteiger partial charge in [-0.15, -0.1) is 0 Å². The van der Waals surface area contributed by atoms with E-state index >= 15 is 0 Å². The average molecular weight is 231 g/mol. The molecule has 1 saturated heterocycles. The van der Waals surface area contributed by atoms with Crippen LogP contribution in [0.5, 0.6) is 5.75 Å². The van der Waals surface area contributed by atoms with Gasteiger partial charge in [0.05, 0.1) is 37.7 Å². The smallest absolute Gasteiger partial charge is 0.122 e. The van der Waals surface area contributed by atoms with E-state index in [2.05, 4.69) is 6.07 Å². The van der Waals surface area contributed by atoms with Crippen LogP contribution in [0.2, 0.25) is 0 Å². The number of hydrogen-bond donors (Lipinski definition) is 0. The molecule has 2 rings (SSSR count). The van der Waals surface area contributed by atoms with Crippen molar-refractivity contribution in [1.82, 2.24) is 0 Å². The second kappa shape index (κ2) is 4.77. The number of ether oxygens (including phenoxy) is 2. The Morgan fingerprint density at radius 1 is 1.47 bits per heavy atom. The second-order valence-electron chi connectivity index (χ2n) is 4.44. The van der Waals surface area contributed by atoms with Crippen molar-refractivity contribution < 1.29 is 9.47 Å². The first kappa shape index (κ1) is 11.9. The molecule has 0 saturated carbocycles. The molecule has 0 radical (unpaired) electrons. The van der Waals surface area contributed by atoms with Crippen LogP contribution < -0.4 is 4.74 Å². The lowest BCUT2D eigenvalue weighted by atomic mass is 9.68. The highest BCUT2D eigenvalue weighted by Gasteiger charge is 2.48. The molecule has 0 aliphatic carbocycles. The predicted molar refractivity (Wildman–Crippen MR) is 64.9 cm³/mol. The zero-order valence-electron chi connectivity index (χ0n) is 10.3. The van der Waals surface area contributed by atoms with E-state index in [4.69, 9.17) is 9.47 Å². The van der Waals surface area contributed by atoms with Crippen LogP contribution >= 0.6 is 0 Å². The van der Waals surface area contributed by atoms with Gasteiger partial charge in [0, 0.05) is 5.56 Å². The summed E-state index contributed by atoms with van der Waals surface area (Å²) in [6, 6.07) is 10.3. The zero-order chi connectivity index (χ0) is 12.3. The van der Waals surface area contributed by atoms with Crippen molar-refractivity contribution in [2.24, 2.45) is 5.92 Å². The zero-order valence-corrected chi connectivity index (χ0v) is 10.3. The molecule has 1 heterocycles. The Morgan fingerprint density at radius 2 is 2.18 bits per heavy atom. The van der Waals surface area contributed by atoms with Crippen LogP contribution in [0.3, 0.4) is 0 Å². The number of para-hydroxylation sites is 1. The molecule has 90 valence electrons. The van der Waals surface area contributed by atoms with Gasteiger partial charge in [-0.05, 0) is 12.5 Å². The molecule has 1 aromatic carbocycles. The summed E-state index contributed by atoms with van der Waals surface area (Å²) in [5, 5.41) is 9.31. The number of hydrogen-bond acceptors (Lipinski definition) is 3. The van der Waals surface area contributed by atoms with Gasteiger partial charge < -0.3 is 9.47 Å². The third-order valence-corrected chi connectivity index (χ3v) is 3.59.